The molecule has 0 heterocycles. The molecule has 312 valence electrons. The number of alkyl halides is 18. The Kier molecular flexibility index (Phi) is 15.0. The molecule has 0 unspecified atom stereocenters. The topological polar surface area (TPSA) is 46.1 Å². The van der Waals surface area contributed by atoms with Crippen molar-refractivity contribution in [1.29, 1.82) is 0 Å². The van der Waals surface area contributed by atoms with Crippen LogP contribution in [-0.4, -0.2) is 65.1 Å². The molecule has 0 amide bonds. The van der Waals surface area contributed by atoms with Gasteiger partial charge in [-0.2, -0.15) is 0 Å². The summed E-state index contributed by atoms with van der Waals surface area (Å²) in [6, 6.07) is 37.9. The molecule has 0 saturated heterocycles. The first-order chi connectivity index (χ1) is 25.6. The normalized spacial score (nSPS) is 13.7. The molecule has 0 atom stereocenters. The molecule has 0 aliphatic heterocycles. The third-order valence-corrected chi connectivity index (χ3v) is 11.5. The van der Waals surface area contributed by atoms with Gasteiger partial charge in [-0.1, -0.05) is 169 Å². The number of hydrogen-bond acceptors (Lipinski definition) is 2. The van der Waals surface area contributed by atoms with E-state index in [4.69, 9.17) is 0 Å². The molecule has 2 nitrogen and oxygen atoms in total. The van der Waals surface area contributed by atoms with Crippen LogP contribution in [0.2, 0.25) is 0 Å². The predicted molar refractivity (Wildman–Crippen MR) is 166 cm³/mol. The molecular formula is C36H26F18O2Sn. The fourth-order valence-electron chi connectivity index (χ4n) is 4.46. The third kappa shape index (κ3) is 10.5. The van der Waals surface area contributed by atoms with E-state index in [9.17, 15) is 89.2 Å². The Morgan fingerprint density at radius 3 is 0.649 bits per heavy atom. The molecule has 0 aliphatic carbocycles. The molecular weight excluding hydrogens is 925 g/mol. The summed E-state index contributed by atoms with van der Waals surface area (Å²) in [7, 11) is 0. The quantitative estimate of drug-likeness (QED) is 0.118. The van der Waals surface area contributed by atoms with Crippen molar-refractivity contribution in [3.05, 3.63) is 144 Å². The van der Waals surface area contributed by atoms with Crippen LogP contribution in [0.15, 0.2) is 121 Å². The number of hydrogen-bond donors (Lipinski definition) is 0. The average molecular weight is 951 g/mol. The second-order valence-corrected chi connectivity index (χ2v) is 16.4. The Bertz CT molecular complexity index is 1610. The summed E-state index contributed by atoms with van der Waals surface area (Å²) < 4.78 is 208. The van der Waals surface area contributed by atoms with Crippen molar-refractivity contribution in [3.63, 3.8) is 0 Å². The zero-order chi connectivity index (χ0) is 44.2. The summed E-state index contributed by atoms with van der Waals surface area (Å²) in [5.41, 5.74) is 0.880. The molecule has 0 aromatic heterocycles. The first-order valence-electron chi connectivity index (χ1n) is 15.5. The van der Waals surface area contributed by atoms with E-state index in [-0.39, 0.29) is 0 Å². The van der Waals surface area contributed by atoms with Crippen molar-refractivity contribution in [2.75, 3.05) is 0 Å². The standard InChI is InChI=1S/2C14H13O.2C4F9.Sn/c2*1-14(15,12-8-4-2-5-9-12)13-10-6-3-7-11-13;2*5-1(6)2(7,8)3(9,10)4(11,12)13;/h2*2-11H,1H3;;;/q2*-1;;;+2. The van der Waals surface area contributed by atoms with Crippen LogP contribution in [0.5, 0.6) is 0 Å². The van der Waals surface area contributed by atoms with Gasteiger partial charge in [-0.25, -0.2) is 0 Å². The van der Waals surface area contributed by atoms with Crippen LogP contribution >= 0.6 is 0 Å². The maximum atomic E-state index is 12.9. The third-order valence-electron chi connectivity index (χ3n) is 7.90. The summed E-state index contributed by atoms with van der Waals surface area (Å²) in [5.74, 6) is -31.3. The van der Waals surface area contributed by atoms with Crippen molar-refractivity contribution in [3.8, 4) is 0 Å². The van der Waals surface area contributed by atoms with Gasteiger partial charge in [-0.15, -0.1) is 0 Å². The number of rotatable bonds is 10. The van der Waals surface area contributed by atoms with Crippen LogP contribution in [0, 0.1) is 0 Å². The first kappa shape index (κ1) is 49.5. The van der Waals surface area contributed by atoms with Gasteiger partial charge in [-0.05, 0) is 0 Å². The van der Waals surface area contributed by atoms with Crippen LogP contribution < -0.4 is 10.2 Å². The SMILES string of the molecule is CC([O-])(c1ccccc1)c1ccccc1.CC([O-])(c1ccccc1)c1ccccc1.FC(F)(F)C(F)(F)C(F)(F)[C](F)(F)[Sn+2][C](F)(F)C(F)(F)C(F)(F)C(F)(F)F. The van der Waals surface area contributed by atoms with Crippen molar-refractivity contribution < 1.29 is 89.2 Å². The van der Waals surface area contributed by atoms with Crippen molar-refractivity contribution in [2.45, 2.75) is 69.0 Å². The van der Waals surface area contributed by atoms with Gasteiger partial charge in [0.2, 0.25) is 0 Å². The van der Waals surface area contributed by atoms with E-state index in [1.807, 2.05) is 121 Å². The van der Waals surface area contributed by atoms with E-state index in [0.717, 1.165) is 22.3 Å². The van der Waals surface area contributed by atoms with Gasteiger partial charge in [-0.3, -0.25) is 0 Å². The summed E-state index contributed by atoms with van der Waals surface area (Å²) in [6.07, 6.45) is -15.1. The van der Waals surface area contributed by atoms with Gasteiger partial charge >= 0.3 is 144 Å². The molecule has 57 heavy (non-hydrogen) atoms. The Hall–Kier alpha value is -3.66. The summed E-state index contributed by atoms with van der Waals surface area (Å²) >= 11 is -6.91. The number of benzene rings is 4. The zero-order valence-electron chi connectivity index (χ0n) is 28.7. The van der Waals surface area contributed by atoms with Gasteiger partial charge in [0, 0.05) is 0 Å². The fraction of sp³-hybridized carbons (Fsp3) is 0.333. The summed E-state index contributed by atoms with van der Waals surface area (Å²) in [5, 5.41) is 25.0. The van der Waals surface area contributed by atoms with Crippen LogP contribution in [0.1, 0.15) is 36.1 Å². The molecule has 4 aromatic rings. The van der Waals surface area contributed by atoms with Gasteiger partial charge in [0.1, 0.15) is 0 Å². The van der Waals surface area contributed by atoms with Gasteiger partial charge in [0.05, 0.1) is 0 Å². The van der Waals surface area contributed by atoms with E-state index in [1.165, 1.54) is 0 Å². The fourth-order valence-corrected chi connectivity index (χ4v) is 7.38. The number of halogens is 18. The molecule has 0 aliphatic rings. The molecule has 0 saturated carbocycles. The molecule has 0 fully saturated rings. The van der Waals surface area contributed by atoms with E-state index in [1.54, 1.807) is 13.8 Å². The van der Waals surface area contributed by atoms with Crippen molar-refractivity contribution in [2.24, 2.45) is 0 Å². The Morgan fingerprint density at radius 1 is 0.316 bits per heavy atom. The second-order valence-electron chi connectivity index (χ2n) is 12.1. The molecule has 4 rings (SSSR count). The van der Waals surface area contributed by atoms with E-state index in [2.05, 4.69) is 0 Å². The zero-order valence-corrected chi connectivity index (χ0v) is 31.5. The summed E-state index contributed by atoms with van der Waals surface area (Å²) in [4.78, 5) is 0. The Labute approximate surface area is 322 Å². The van der Waals surface area contributed by atoms with Crippen LogP contribution in [0.4, 0.5) is 79.0 Å². The Morgan fingerprint density at radius 2 is 0.491 bits per heavy atom. The molecule has 21 heteroatoms. The van der Waals surface area contributed by atoms with Crippen LogP contribution in [-0.2, 0) is 11.2 Å². The minimum atomic E-state index is -7.85. The Balaban J connectivity index is 0.000000315. The average Bonchev–Trinajstić information content (AvgIpc) is 3.12. The molecule has 4 aromatic carbocycles. The van der Waals surface area contributed by atoms with Crippen LogP contribution in [0.3, 0.4) is 0 Å². The molecule has 0 radical (unpaired) electrons. The molecule has 0 bridgehead atoms. The van der Waals surface area contributed by atoms with Crippen molar-refractivity contribution >= 4 is 21.1 Å². The minimum absolute atomic E-state index is 0.802. The van der Waals surface area contributed by atoms with Gasteiger partial charge in [0.15, 0.2) is 0 Å². The molecule has 0 N–H and O–H groups in total. The van der Waals surface area contributed by atoms with E-state index >= 15 is 0 Å². The first-order valence-corrected chi connectivity index (χ1v) is 18.3. The molecule has 0 spiro atoms. The van der Waals surface area contributed by atoms with E-state index in [0.29, 0.717) is 0 Å². The maximum absolute atomic E-state index is 12.9. The predicted octanol–water partition coefficient (Wildman–Crippen LogP) is 10.2. The second kappa shape index (κ2) is 17.3. The summed E-state index contributed by atoms with van der Waals surface area (Å²) in [6.45, 7) is 3.41. The van der Waals surface area contributed by atoms with Gasteiger partial charge in [0.25, 0.3) is 0 Å². The van der Waals surface area contributed by atoms with E-state index < -0.39 is 76.3 Å². The monoisotopic (exact) mass is 952 g/mol. The van der Waals surface area contributed by atoms with Crippen LogP contribution in [0.25, 0.3) is 0 Å². The van der Waals surface area contributed by atoms with Gasteiger partial charge < -0.3 is 10.2 Å². The van der Waals surface area contributed by atoms with Crippen molar-refractivity contribution in [1.82, 2.24) is 0 Å².